The van der Waals surface area contributed by atoms with Gasteiger partial charge in [0.15, 0.2) is 20.2 Å². The number of halogens is 6. The van der Waals surface area contributed by atoms with Crippen LogP contribution in [0.15, 0.2) is 190 Å². The van der Waals surface area contributed by atoms with Gasteiger partial charge >= 0.3 is 55.8 Å². The van der Waals surface area contributed by atoms with E-state index in [2.05, 4.69) is 44.7 Å². The number of nitrogens with zero attached hydrogens (tertiary/aromatic N) is 4. The molecule has 16 bridgehead atoms. The molecule has 14 rings (SSSR count). The molecule has 0 spiro atoms. The Labute approximate surface area is 522 Å². The Hall–Kier alpha value is -7.24. The van der Waals surface area contributed by atoms with Gasteiger partial charge in [-0.3, -0.25) is 0 Å². The Kier molecular flexibility index (Phi) is 27.2. The number of benzene rings is 8. The van der Waals surface area contributed by atoms with Crippen LogP contribution in [0.4, 0.5) is 49.1 Å². The predicted molar refractivity (Wildman–Crippen MR) is 296 cm³/mol. The number of hydrogen-bond donors (Lipinski definition) is 0. The third-order valence-corrected chi connectivity index (χ3v) is 12.6. The van der Waals surface area contributed by atoms with Crippen LogP contribution >= 0.6 is 0 Å². The average Bonchev–Trinajstić information content (AvgIpc) is 2.41. The van der Waals surface area contributed by atoms with Gasteiger partial charge in [0, 0.05) is 47.2 Å². The van der Waals surface area contributed by atoms with E-state index in [9.17, 15) is 26.3 Å². The molecule has 6 aliphatic rings. The number of hydrogen-bond acceptors (Lipinski definition) is 18. The molecule has 0 aliphatic carbocycles. The molecule has 8 aromatic carbocycles. The first-order valence-electron chi connectivity index (χ1n) is 25.5. The van der Waals surface area contributed by atoms with E-state index in [4.69, 9.17) is 63.8 Å². The fourth-order valence-electron chi connectivity index (χ4n) is 7.40. The number of alkyl halides is 6. The molecule has 18 nitrogen and oxygen atoms in total. The Morgan fingerprint density at radius 3 is 0.651 bits per heavy atom. The van der Waals surface area contributed by atoms with Crippen LogP contribution in [0.5, 0.6) is 46.0 Å². The minimum absolute atomic E-state index is 0. The van der Waals surface area contributed by atoms with E-state index in [1.165, 1.54) is 0 Å². The van der Waals surface area contributed by atoms with Crippen molar-refractivity contribution in [3.8, 4) is 46.0 Å². The first kappa shape index (κ1) is 69.5. The number of rotatable bonds is 0. The standard InChI is InChI=1S/2C28H26N2O4.2CHF3O3S.2Ag/c2*1-5-25-26-6-2-8-28(25)34-20-4-18-32-24-15-11-22(12-16-24)30-29-21-9-13-23(14-10-21)31-17-3-19-33-27(26)7-1;2*2-1(3,4)8(5,6)7;;/h2*1-2,5-16H,3-4,17-20H2;2*(H,5,6,7);;/q;;;;2*+1/p-2. The summed E-state index contributed by atoms with van der Waals surface area (Å²) in [5.41, 5.74) is -8.23. The van der Waals surface area contributed by atoms with E-state index < -0.39 is 31.3 Å². The van der Waals surface area contributed by atoms with E-state index in [0.29, 0.717) is 52.9 Å². The largest absolute Gasteiger partial charge is 1.00 e. The van der Waals surface area contributed by atoms with Gasteiger partial charge in [-0.05, 0) is 121 Å². The number of fused-ring (bicyclic) bond motifs is 4. The molecule has 0 fully saturated rings. The van der Waals surface area contributed by atoms with Crippen molar-refractivity contribution in [2.45, 2.75) is 36.7 Å². The summed E-state index contributed by atoms with van der Waals surface area (Å²) < 4.78 is 165. The van der Waals surface area contributed by atoms with Gasteiger partial charge < -0.3 is 47.0 Å². The Morgan fingerprint density at radius 2 is 0.477 bits per heavy atom. The van der Waals surface area contributed by atoms with Crippen molar-refractivity contribution in [2.24, 2.45) is 20.5 Å². The molecule has 0 unspecified atom stereocenters. The molecule has 0 aromatic heterocycles. The van der Waals surface area contributed by atoms with Crippen LogP contribution in [0.3, 0.4) is 0 Å². The fourth-order valence-corrected chi connectivity index (χ4v) is 7.40. The topological polar surface area (TPSA) is 238 Å². The summed E-state index contributed by atoms with van der Waals surface area (Å²) in [7, 11) is -12.2. The summed E-state index contributed by atoms with van der Waals surface area (Å²) in [6, 6.07) is 54.5. The van der Waals surface area contributed by atoms with Crippen LogP contribution in [-0.2, 0) is 65.0 Å². The predicted octanol–water partition coefficient (Wildman–Crippen LogP) is 14.6. The Bertz CT molecular complexity index is 3250. The van der Waals surface area contributed by atoms with Crippen molar-refractivity contribution in [2.75, 3.05) is 52.9 Å². The van der Waals surface area contributed by atoms with Crippen molar-refractivity contribution in [3.05, 3.63) is 170 Å². The maximum atomic E-state index is 10.7. The average molecular weight is 1420 g/mol. The molecule has 6 aliphatic heterocycles. The molecule has 0 N–H and O–H groups in total. The molecule has 28 heteroatoms. The van der Waals surface area contributed by atoms with Gasteiger partial charge in [-0.15, -0.1) is 0 Å². The van der Waals surface area contributed by atoms with Crippen molar-refractivity contribution >= 4 is 64.5 Å². The summed E-state index contributed by atoms with van der Waals surface area (Å²) >= 11 is 0. The van der Waals surface area contributed by atoms with Gasteiger partial charge in [-0.25, -0.2) is 16.8 Å². The molecular weight excluding hydrogens is 1370 g/mol. The van der Waals surface area contributed by atoms with E-state index in [1.54, 1.807) is 0 Å². The first-order valence-corrected chi connectivity index (χ1v) is 28.4. The van der Waals surface area contributed by atoms with Crippen LogP contribution in [0.2, 0.25) is 0 Å². The van der Waals surface area contributed by atoms with E-state index >= 15 is 0 Å². The smallest absolute Gasteiger partial charge is 0.741 e. The van der Waals surface area contributed by atoms with Crippen molar-refractivity contribution in [1.82, 2.24) is 0 Å². The van der Waals surface area contributed by atoms with Crippen molar-refractivity contribution in [3.63, 3.8) is 0 Å². The molecule has 0 amide bonds. The van der Waals surface area contributed by atoms with Crippen LogP contribution in [-0.4, -0.2) is 89.8 Å². The van der Waals surface area contributed by atoms with Gasteiger partial charge in [0.05, 0.1) is 75.6 Å². The zero-order valence-corrected chi connectivity index (χ0v) is 49.4. The van der Waals surface area contributed by atoms with Gasteiger partial charge in [0.1, 0.15) is 46.0 Å². The second kappa shape index (κ2) is 33.6. The molecule has 8 aromatic rings. The van der Waals surface area contributed by atoms with Crippen LogP contribution < -0.4 is 37.9 Å². The minimum Gasteiger partial charge on any atom is -0.741 e. The quantitative estimate of drug-likeness (QED) is 0.0594. The third-order valence-electron chi connectivity index (χ3n) is 11.4. The second-order valence-electron chi connectivity index (χ2n) is 17.6. The third kappa shape index (κ3) is 22.2. The monoisotopic (exact) mass is 1420 g/mol. The first-order chi connectivity index (χ1) is 40.2. The van der Waals surface area contributed by atoms with Crippen LogP contribution in [0.1, 0.15) is 25.7 Å². The Balaban J connectivity index is 0.000000246. The summed E-state index contributed by atoms with van der Waals surface area (Å²) in [5.74, 6) is 6.56. The summed E-state index contributed by atoms with van der Waals surface area (Å²) in [5, 5.41) is 21.3. The van der Waals surface area contributed by atoms with Gasteiger partial charge in [0.25, 0.3) is 0 Å². The van der Waals surface area contributed by atoms with E-state index in [1.807, 2.05) is 146 Å². The Morgan fingerprint density at radius 1 is 0.302 bits per heavy atom. The van der Waals surface area contributed by atoms with Crippen molar-refractivity contribution in [1.29, 1.82) is 0 Å². The molecule has 0 atom stereocenters. The molecule has 0 saturated carbocycles. The van der Waals surface area contributed by atoms with E-state index in [-0.39, 0.29) is 44.8 Å². The SMILES string of the molecule is O=S(=O)([O-])C(F)(F)F.O=S(=O)([O-])C(F)(F)F.[Ag+].[Ag+].c1cc2c3cccc(c3c1)OCCCOc1ccc(cc1)N=Nc1ccc(cc1)OCCCO2.c1cc2c3cccc(c3c1)OCCCOc1ccc(cc1)N=Nc1ccc(cc1)OCCCO2. The molecule has 6 heterocycles. The number of azo groups is 2. The maximum absolute atomic E-state index is 10.7. The molecule has 86 heavy (non-hydrogen) atoms. The number of ether oxygens (including phenoxy) is 8. The summed E-state index contributed by atoms with van der Waals surface area (Å²) in [6.07, 6.45) is 3.07. The van der Waals surface area contributed by atoms with Gasteiger partial charge in [-0.2, -0.15) is 46.8 Å². The minimum atomic E-state index is -6.09. The fraction of sp³-hybridized carbons (Fsp3) is 0.241. The molecule has 0 radical (unpaired) electrons. The maximum Gasteiger partial charge on any atom is 1.00 e. The molecule has 464 valence electrons. The van der Waals surface area contributed by atoms with Gasteiger partial charge in [-0.1, -0.05) is 48.5 Å². The van der Waals surface area contributed by atoms with Crippen LogP contribution in [0, 0.1) is 0 Å². The molecular formula is C58H52Ag2F6N4O14S2. The van der Waals surface area contributed by atoms with Crippen LogP contribution in [0.25, 0.3) is 21.5 Å². The molecule has 0 saturated heterocycles. The zero-order chi connectivity index (χ0) is 60.0. The van der Waals surface area contributed by atoms with Crippen molar-refractivity contribution < 1.29 is 135 Å². The van der Waals surface area contributed by atoms with Gasteiger partial charge in [0.2, 0.25) is 0 Å². The van der Waals surface area contributed by atoms with E-state index in [0.717, 1.165) is 116 Å². The summed E-state index contributed by atoms with van der Waals surface area (Å²) in [4.78, 5) is 0. The summed E-state index contributed by atoms with van der Waals surface area (Å²) in [6.45, 7) is 4.50. The normalized spacial score (nSPS) is 14.1. The second-order valence-corrected chi connectivity index (χ2v) is 20.3. The zero-order valence-electron chi connectivity index (χ0n) is 44.8.